The van der Waals surface area contributed by atoms with E-state index >= 15 is 0 Å². The van der Waals surface area contributed by atoms with Crippen molar-refractivity contribution in [3.63, 3.8) is 0 Å². The van der Waals surface area contributed by atoms with Gasteiger partial charge in [-0.05, 0) is 12.0 Å². The minimum Gasteiger partial charge on any atom is -0.394 e. The van der Waals surface area contributed by atoms with Crippen LogP contribution in [-0.4, -0.2) is 58.9 Å². The number of hydrogen-bond donors (Lipinski definition) is 3. The molecule has 1 saturated heterocycles. The molecule has 0 aliphatic carbocycles. The van der Waals surface area contributed by atoms with Crippen LogP contribution in [0.15, 0.2) is 46.2 Å². The molecule has 1 aliphatic heterocycles. The lowest BCUT2D eigenvalue weighted by Crippen LogP contribution is -2.41. The molecule has 166 valence electrons. The van der Waals surface area contributed by atoms with Crippen LogP contribution in [0.1, 0.15) is 31.6 Å². The van der Waals surface area contributed by atoms with Gasteiger partial charge in [-0.25, -0.2) is 9.78 Å². The van der Waals surface area contributed by atoms with Gasteiger partial charge in [0.05, 0.1) is 19.5 Å². The first-order valence-electron chi connectivity index (χ1n) is 10.3. The highest BCUT2D eigenvalue weighted by Crippen LogP contribution is 2.30. The Kier molecular flexibility index (Phi) is 6.05. The third-order valence-electron chi connectivity index (χ3n) is 5.65. The summed E-state index contributed by atoms with van der Waals surface area (Å²) in [5, 5.41) is 30.0. The normalized spacial score (nSPS) is 23.6. The number of fused-ring (bicyclic) bond motifs is 1. The lowest BCUT2D eigenvalue weighted by molar-refractivity contribution is -0.0509. The highest BCUT2D eigenvalue weighted by atomic mass is 16.6. The van der Waals surface area contributed by atoms with Crippen LogP contribution in [0, 0.1) is 0 Å². The number of unbranched alkanes of at least 4 members (excludes halogenated alkanes) is 1. The van der Waals surface area contributed by atoms with Crippen LogP contribution in [0.5, 0.6) is 0 Å². The molecule has 3 aromatic rings. The Labute approximate surface area is 177 Å². The molecule has 4 rings (SSSR count). The van der Waals surface area contributed by atoms with Crippen LogP contribution in [0.2, 0.25) is 0 Å². The fourth-order valence-electron chi connectivity index (χ4n) is 3.93. The number of aliphatic hydroxyl groups is 3. The highest BCUT2D eigenvalue weighted by molar-refractivity contribution is 5.70. The van der Waals surface area contributed by atoms with E-state index in [1.54, 1.807) is 0 Å². The summed E-state index contributed by atoms with van der Waals surface area (Å²) in [4.78, 5) is 30.7. The zero-order valence-corrected chi connectivity index (χ0v) is 17.2. The van der Waals surface area contributed by atoms with Gasteiger partial charge in [0.2, 0.25) is 0 Å². The molecule has 2 aromatic heterocycles. The standard InChI is InChI=1S/C21H26N4O6/c1-2-3-9-23-19(29)15-18(24(21(23)30)10-13-7-5-4-6-8-13)22-12-25(15)20-17(28)16(27)14(11-26)31-20/h4-8,12,14,16-17,20,26-28H,2-3,9-11H2,1H3/t14-,16-,17-,20-/m1/s1. The van der Waals surface area contributed by atoms with Gasteiger partial charge >= 0.3 is 5.69 Å². The number of benzene rings is 1. The molecule has 1 fully saturated rings. The second kappa shape index (κ2) is 8.75. The average Bonchev–Trinajstić information content (AvgIpc) is 3.33. The number of aromatic nitrogens is 4. The Morgan fingerprint density at radius 3 is 2.48 bits per heavy atom. The maximum Gasteiger partial charge on any atom is 0.333 e. The number of hydrogen-bond acceptors (Lipinski definition) is 7. The van der Waals surface area contributed by atoms with Crippen LogP contribution >= 0.6 is 0 Å². The van der Waals surface area contributed by atoms with Crippen molar-refractivity contribution in [2.45, 2.75) is 57.4 Å². The molecule has 0 bridgehead atoms. The maximum absolute atomic E-state index is 13.3. The van der Waals surface area contributed by atoms with Crippen molar-refractivity contribution >= 4 is 11.2 Å². The zero-order valence-electron chi connectivity index (χ0n) is 17.2. The van der Waals surface area contributed by atoms with E-state index in [9.17, 15) is 24.9 Å². The van der Waals surface area contributed by atoms with Gasteiger partial charge in [0.15, 0.2) is 17.4 Å². The van der Waals surface area contributed by atoms with Gasteiger partial charge in [0.25, 0.3) is 5.56 Å². The van der Waals surface area contributed by atoms with Gasteiger partial charge in [-0.2, -0.15) is 0 Å². The first kappa shape index (κ1) is 21.4. The Hall–Kier alpha value is -2.79. The van der Waals surface area contributed by atoms with Crippen molar-refractivity contribution in [2.24, 2.45) is 0 Å². The minimum absolute atomic E-state index is 0.0986. The fraction of sp³-hybridized carbons (Fsp3) is 0.476. The second-order valence-electron chi connectivity index (χ2n) is 7.72. The highest BCUT2D eigenvalue weighted by Gasteiger charge is 2.44. The molecule has 3 N–H and O–H groups in total. The lowest BCUT2D eigenvalue weighted by atomic mass is 10.1. The summed E-state index contributed by atoms with van der Waals surface area (Å²) in [6.07, 6.45) is -2.03. The predicted molar refractivity (Wildman–Crippen MR) is 112 cm³/mol. The van der Waals surface area contributed by atoms with Crippen molar-refractivity contribution in [1.29, 1.82) is 0 Å². The van der Waals surface area contributed by atoms with Crippen molar-refractivity contribution in [1.82, 2.24) is 18.7 Å². The summed E-state index contributed by atoms with van der Waals surface area (Å²) < 4.78 is 9.53. The topological polar surface area (TPSA) is 132 Å². The van der Waals surface area contributed by atoms with Gasteiger partial charge in [-0.15, -0.1) is 0 Å². The molecule has 0 amide bonds. The van der Waals surface area contributed by atoms with Crippen molar-refractivity contribution in [3.05, 3.63) is 63.1 Å². The molecule has 0 saturated carbocycles. The molecule has 0 spiro atoms. The molecule has 4 atom stereocenters. The third-order valence-corrected chi connectivity index (χ3v) is 5.65. The second-order valence-corrected chi connectivity index (χ2v) is 7.72. The van der Waals surface area contributed by atoms with Gasteiger partial charge in [-0.3, -0.25) is 18.5 Å². The summed E-state index contributed by atoms with van der Waals surface area (Å²) in [6, 6.07) is 9.36. The molecule has 10 heteroatoms. The summed E-state index contributed by atoms with van der Waals surface area (Å²) in [6.45, 7) is 1.95. The largest absolute Gasteiger partial charge is 0.394 e. The Balaban J connectivity index is 1.90. The molecule has 1 aliphatic rings. The van der Waals surface area contributed by atoms with Crippen LogP contribution in [0.25, 0.3) is 11.2 Å². The van der Waals surface area contributed by atoms with E-state index in [1.807, 2.05) is 37.3 Å². The first-order valence-corrected chi connectivity index (χ1v) is 10.3. The van der Waals surface area contributed by atoms with E-state index in [0.29, 0.717) is 6.42 Å². The quantitative estimate of drug-likeness (QED) is 0.474. The predicted octanol–water partition coefficient (Wildman–Crippen LogP) is -0.180. The number of nitrogens with zero attached hydrogens (tertiary/aromatic N) is 4. The van der Waals surface area contributed by atoms with E-state index < -0.39 is 42.4 Å². The van der Waals surface area contributed by atoms with Crippen LogP contribution in [0.4, 0.5) is 0 Å². The van der Waals surface area contributed by atoms with Gasteiger partial charge in [0, 0.05) is 6.54 Å². The monoisotopic (exact) mass is 430 g/mol. The smallest absolute Gasteiger partial charge is 0.333 e. The minimum atomic E-state index is -1.37. The molecular formula is C21H26N4O6. The van der Waals surface area contributed by atoms with Gasteiger partial charge in [-0.1, -0.05) is 43.7 Å². The summed E-state index contributed by atoms with van der Waals surface area (Å²) in [7, 11) is 0. The Morgan fingerprint density at radius 1 is 1.10 bits per heavy atom. The van der Waals surface area contributed by atoms with Crippen molar-refractivity contribution < 1.29 is 20.1 Å². The lowest BCUT2D eigenvalue weighted by Gasteiger charge is -2.18. The number of ether oxygens (including phenoxy) is 1. The van der Waals surface area contributed by atoms with E-state index in [-0.39, 0.29) is 24.3 Å². The van der Waals surface area contributed by atoms with E-state index in [1.165, 1.54) is 20.0 Å². The third kappa shape index (κ3) is 3.72. The fourth-order valence-corrected chi connectivity index (χ4v) is 3.93. The molecule has 0 unspecified atom stereocenters. The molecular weight excluding hydrogens is 404 g/mol. The van der Waals surface area contributed by atoms with Gasteiger partial charge in [0.1, 0.15) is 18.3 Å². The van der Waals surface area contributed by atoms with E-state index in [0.717, 1.165) is 12.0 Å². The number of imidazole rings is 1. The number of aliphatic hydroxyl groups excluding tert-OH is 3. The molecule has 3 heterocycles. The first-order chi connectivity index (χ1) is 15.0. The summed E-state index contributed by atoms with van der Waals surface area (Å²) >= 11 is 0. The summed E-state index contributed by atoms with van der Waals surface area (Å²) in [5.41, 5.74) is 0.147. The van der Waals surface area contributed by atoms with Gasteiger partial charge < -0.3 is 20.1 Å². The summed E-state index contributed by atoms with van der Waals surface area (Å²) in [5.74, 6) is 0. The van der Waals surface area contributed by atoms with Crippen molar-refractivity contribution in [2.75, 3.05) is 6.61 Å². The molecule has 0 radical (unpaired) electrons. The Bertz CT molecular complexity index is 1170. The molecule has 10 nitrogen and oxygen atoms in total. The molecule has 1 aromatic carbocycles. The average molecular weight is 430 g/mol. The van der Waals surface area contributed by atoms with E-state index in [4.69, 9.17) is 4.74 Å². The van der Waals surface area contributed by atoms with E-state index in [2.05, 4.69) is 4.98 Å². The van der Waals surface area contributed by atoms with Crippen molar-refractivity contribution in [3.8, 4) is 0 Å². The molecule has 31 heavy (non-hydrogen) atoms. The number of rotatable bonds is 7. The van der Waals surface area contributed by atoms with Crippen LogP contribution < -0.4 is 11.2 Å². The van der Waals surface area contributed by atoms with Crippen LogP contribution in [-0.2, 0) is 17.8 Å². The Morgan fingerprint density at radius 2 is 1.84 bits per heavy atom. The maximum atomic E-state index is 13.3. The van der Waals surface area contributed by atoms with Crippen LogP contribution in [0.3, 0.4) is 0 Å². The SMILES string of the molecule is CCCCn1c(=O)c2c(ncn2[C@@H]2O[C@H](CO)[C@@H](O)[C@H]2O)n(Cc2ccccc2)c1=O. The zero-order chi connectivity index (χ0) is 22.1.